The molecule has 1 heterocycles. The van der Waals surface area contributed by atoms with E-state index in [9.17, 15) is 9.59 Å². The topological polar surface area (TPSA) is 59.1 Å². The molecular formula is C22H34N2O4. The number of rotatable bonds is 9. The summed E-state index contributed by atoms with van der Waals surface area (Å²) in [6.07, 6.45) is 4.78. The molecule has 1 fully saturated rings. The minimum atomic E-state index is 0.0526. The van der Waals surface area contributed by atoms with Crippen molar-refractivity contribution in [3.63, 3.8) is 0 Å². The number of likely N-dealkylation sites (tertiary alicyclic amines) is 1. The van der Waals surface area contributed by atoms with Crippen molar-refractivity contribution in [2.45, 2.75) is 45.4 Å². The van der Waals surface area contributed by atoms with Gasteiger partial charge in [0.25, 0.3) is 0 Å². The third-order valence-electron chi connectivity index (χ3n) is 5.50. The molecule has 0 aromatic heterocycles. The maximum absolute atomic E-state index is 12.6. The van der Waals surface area contributed by atoms with Gasteiger partial charge in [-0.3, -0.25) is 9.59 Å². The molecule has 0 N–H and O–H groups in total. The first kappa shape index (κ1) is 22.1. The minimum Gasteiger partial charge on any atom is -0.493 e. The average molecular weight is 391 g/mol. The number of amides is 2. The van der Waals surface area contributed by atoms with E-state index in [-0.39, 0.29) is 17.7 Å². The molecule has 1 aromatic rings. The second-order valence-electron chi connectivity index (χ2n) is 7.46. The van der Waals surface area contributed by atoms with Gasteiger partial charge in [-0.2, -0.15) is 0 Å². The number of piperidine rings is 1. The van der Waals surface area contributed by atoms with Crippen molar-refractivity contribution in [2.75, 3.05) is 40.9 Å². The number of carbonyl (C=O) groups excluding carboxylic acids is 2. The molecule has 0 aliphatic carbocycles. The normalized spacial score (nSPS) is 14.6. The van der Waals surface area contributed by atoms with Crippen LogP contribution >= 0.6 is 0 Å². The van der Waals surface area contributed by atoms with E-state index in [2.05, 4.69) is 6.92 Å². The highest BCUT2D eigenvalue weighted by molar-refractivity contribution is 5.80. The second-order valence-corrected chi connectivity index (χ2v) is 7.46. The van der Waals surface area contributed by atoms with E-state index in [1.54, 1.807) is 14.2 Å². The monoisotopic (exact) mass is 390 g/mol. The van der Waals surface area contributed by atoms with E-state index in [1.807, 2.05) is 35.0 Å². The molecule has 6 nitrogen and oxygen atoms in total. The van der Waals surface area contributed by atoms with Crippen LogP contribution in [0, 0.1) is 5.92 Å². The molecule has 1 aromatic carbocycles. The molecule has 1 saturated heterocycles. The van der Waals surface area contributed by atoms with Crippen molar-refractivity contribution in [1.82, 2.24) is 9.80 Å². The summed E-state index contributed by atoms with van der Waals surface area (Å²) in [5.74, 6) is 1.80. The van der Waals surface area contributed by atoms with Crippen LogP contribution in [0.2, 0.25) is 0 Å². The Morgan fingerprint density at radius 1 is 1.14 bits per heavy atom. The molecule has 0 atom stereocenters. The Balaban J connectivity index is 1.80. The van der Waals surface area contributed by atoms with Crippen LogP contribution in [0.4, 0.5) is 0 Å². The van der Waals surface area contributed by atoms with Crippen molar-refractivity contribution in [3.8, 4) is 11.5 Å². The van der Waals surface area contributed by atoms with Gasteiger partial charge in [0, 0.05) is 39.0 Å². The van der Waals surface area contributed by atoms with E-state index < -0.39 is 0 Å². The van der Waals surface area contributed by atoms with Gasteiger partial charge >= 0.3 is 0 Å². The quantitative estimate of drug-likeness (QED) is 0.650. The summed E-state index contributed by atoms with van der Waals surface area (Å²) in [6.45, 7) is 4.29. The van der Waals surface area contributed by atoms with E-state index in [4.69, 9.17) is 9.47 Å². The summed E-state index contributed by atoms with van der Waals surface area (Å²) in [5, 5.41) is 0. The second kappa shape index (κ2) is 10.9. The number of methoxy groups -OCH3 is 2. The molecule has 0 spiro atoms. The zero-order valence-corrected chi connectivity index (χ0v) is 17.7. The highest BCUT2D eigenvalue weighted by Crippen LogP contribution is 2.28. The Morgan fingerprint density at radius 2 is 1.82 bits per heavy atom. The van der Waals surface area contributed by atoms with Crippen LogP contribution in [0.3, 0.4) is 0 Å². The molecule has 1 aliphatic heterocycles. The molecule has 0 bridgehead atoms. The maximum atomic E-state index is 12.6. The lowest BCUT2D eigenvalue weighted by Gasteiger charge is -2.33. The molecule has 0 saturated carbocycles. The van der Waals surface area contributed by atoms with E-state index >= 15 is 0 Å². The van der Waals surface area contributed by atoms with Crippen LogP contribution in [0.5, 0.6) is 11.5 Å². The summed E-state index contributed by atoms with van der Waals surface area (Å²) in [7, 11) is 5.10. The third-order valence-corrected chi connectivity index (χ3v) is 5.50. The van der Waals surface area contributed by atoms with Crippen LogP contribution in [0.15, 0.2) is 18.2 Å². The number of hydrogen-bond acceptors (Lipinski definition) is 4. The summed E-state index contributed by atoms with van der Waals surface area (Å²) in [5.41, 5.74) is 1.05. The first-order valence-corrected chi connectivity index (χ1v) is 10.2. The van der Waals surface area contributed by atoms with Crippen LogP contribution in [0.1, 0.15) is 44.6 Å². The lowest BCUT2D eigenvalue weighted by Crippen LogP contribution is -2.43. The Hall–Kier alpha value is -2.24. The van der Waals surface area contributed by atoms with Gasteiger partial charge in [-0.25, -0.2) is 0 Å². The van der Waals surface area contributed by atoms with Crippen molar-refractivity contribution in [3.05, 3.63) is 23.8 Å². The minimum absolute atomic E-state index is 0.0526. The highest BCUT2D eigenvalue weighted by atomic mass is 16.5. The molecule has 1 aliphatic rings. The fraction of sp³-hybridized carbons (Fsp3) is 0.636. The molecule has 0 unspecified atom stereocenters. The molecule has 2 amide bonds. The van der Waals surface area contributed by atoms with Crippen molar-refractivity contribution in [1.29, 1.82) is 0 Å². The van der Waals surface area contributed by atoms with Gasteiger partial charge in [0.05, 0.1) is 14.2 Å². The predicted octanol–water partition coefficient (Wildman–Crippen LogP) is 3.13. The Kier molecular flexibility index (Phi) is 8.61. The maximum Gasteiger partial charge on any atom is 0.225 e. The number of carbonyl (C=O) groups is 2. The first-order chi connectivity index (χ1) is 13.5. The van der Waals surface area contributed by atoms with E-state index in [0.717, 1.165) is 37.8 Å². The van der Waals surface area contributed by atoms with Gasteiger partial charge in [0.1, 0.15) is 0 Å². The molecule has 28 heavy (non-hydrogen) atoms. The van der Waals surface area contributed by atoms with Crippen molar-refractivity contribution in [2.24, 2.45) is 5.92 Å². The summed E-state index contributed by atoms with van der Waals surface area (Å²) >= 11 is 0. The smallest absolute Gasteiger partial charge is 0.225 e. The molecule has 0 radical (unpaired) electrons. The lowest BCUT2D eigenvalue weighted by atomic mass is 9.95. The van der Waals surface area contributed by atoms with Gasteiger partial charge in [-0.15, -0.1) is 0 Å². The summed E-state index contributed by atoms with van der Waals surface area (Å²) < 4.78 is 10.6. The van der Waals surface area contributed by atoms with Crippen LogP contribution in [-0.2, 0) is 16.0 Å². The van der Waals surface area contributed by atoms with Crippen LogP contribution < -0.4 is 9.47 Å². The number of benzene rings is 1. The Bertz CT molecular complexity index is 654. The number of aryl methyl sites for hydroxylation is 1. The summed E-state index contributed by atoms with van der Waals surface area (Å²) in [6, 6.07) is 5.75. The SMILES string of the molecule is CCCCN(C)C(=O)C1CCN(C(=O)CCc2ccc(OC)c(OC)c2)CC1. The largest absolute Gasteiger partial charge is 0.493 e. The lowest BCUT2D eigenvalue weighted by molar-refractivity contribution is -0.139. The fourth-order valence-corrected chi connectivity index (χ4v) is 3.64. The van der Waals surface area contributed by atoms with Gasteiger partial charge in [0.2, 0.25) is 11.8 Å². The summed E-state index contributed by atoms with van der Waals surface area (Å²) in [4.78, 5) is 28.8. The van der Waals surface area contributed by atoms with Gasteiger partial charge < -0.3 is 19.3 Å². The fourth-order valence-electron chi connectivity index (χ4n) is 3.64. The third kappa shape index (κ3) is 5.88. The number of hydrogen-bond donors (Lipinski definition) is 0. The molecule has 6 heteroatoms. The highest BCUT2D eigenvalue weighted by Gasteiger charge is 2.28. The zero-order valence-electron chi connectivity index (χ0n) is 17.7. The average Bonchev–Trinajstić information content (AvgIpc) is 2.74. The van der Waals surface area contributed by atoms with Crippen LogP contribution in [0.25, 0.3) is 0 Å². The standard InChI is InChI=1S/C22H34N2O4/c1-5-6-13-23(2)22(26)18-11-14-24(15-12-18)21(25)10-8-17-7-9-19(27-3)20(16-17)28-4/h7,9,16,18H,5-6,8,10-15H2,1-4H3. The van der Waals surface area contributed by atoms with E-state index in [1.165, 1.54) is 0 Å². The van der Waals surface area contributed by atoms with Crippen molar-refractivity contribution >= 4 is 11.8 Å². The van der Waals surface area contributed by atoms with Crippen molar-refractivity contribution < 1.29 is 19.1 Å². The Labute approximate surface area is 168 Å². The van der Waals surface area contributed by atoms with Gasteiger partial charge in [-0.05, 0) is 43.4 Å². The predicted molar refractivity (Wildman–Crippen MR) is 110 cm³/mol. The molecule has 156 valence electrons. The van der Waals surface area contributed by atoms with Gasteiger partial charge in [0.15, 0.2) is 11.5 Å². The van der Waals surface area contributed by atoms with Gasteiger partial charge in [-0.1, -0.05) is 19.4 Å². The number of nitrogens with zero attached hydrogens (tertiary/aromatic N) is 2. The number of unbranched alkanes of at least 4 members (excludes halogenated alkanes) is 1. The first-order valence-electron chi connectivity index (χ1n) is 10.2. The number of ether oxygens (including phenoxy) is 2. The zero-order chi connectivity index (χ0) is 20.5. The van der Waals surface area contributed by atoms with E-state index in [0.29, 0.717) is 37.4 Å². The van der Waals surface area contributed by atoms with Crippen LogP contribution in [-0.4, -0.2) is 62.5 Å². The molecular weight excluding hydrogens is 356 g/mol. The molecule has 2 rings (SSSR count). The Morgan fingerprint density at radius 3 is 2.43 bits per heavy atom.